The van der Waals surface area contributed by atoms with E-state index >= 15 is 0 Å². The molecule has 3 aromatic rings. The number of aryl methyl sites for hydroxylation is 1. The number of likely N-dealkylation sites (N-methyl/N-ethyl adjacent to an activating group) is 1. The number of piperazine rings is 1. The third-order valence-electron chi connectivity index (χ3n) is 5.22. The van der Waals surface area contributed by atoms with Gasteiger partial charge in [0.25, 0.3) is 0 Å². The fourth-order valence-corrected chi connectivity index (χ4v) is 3.65. The van der Waals surface area contributed by atoms with Crippen molar-refractivity contribution in [2.24, 2.45) is 0 Å². The van der Waals surface area contributed by atoms with Gasteiger partial charge in [0.2, 0.25) is 0 Å². The second-order valence-corrected chi connectivity index (χ2v) is 7.80. The smallest absolute Gasteiger partial charge is 0.153 e. The zero-order chi connectivity index (χ0) is 19.0. The maximum Gasteiger partial charge on any atom is 0.153 e. The number of hydrogen-bond donors (Lipinski definition) is 2. The zero-order valence-corrected chi connectivity index (χ0v) is 16.6. The van der Waals surface area contributed by atoms with Gasteiger partial charge in [0, 0.05) is 49.0 Å². The topological polar surface area (TPSA) is 60.1 Å². The first-order valence-corrected chi connectivity index (χ1v) is 9.67. The summed E-state index contributed by atoms with van der Waals surface area (Å²) in [5, 5.41) is 13.0. The van der Waals surface area contributed by atoms with Gasteiger partial charge >= 0.3 is 0 Å². The summed E-state index contributed by atoms with van der Waals surface area (Å²) in [6.45, 7) is 10.7. The van der Waals surface area contributed by atoms with Crippen LogP contribution in [0, 0.1) is 6.92 Å². The molecule has 1 aromatic carbocycles. The van der Waals surface area contributed by atoms with E-state index in [1.54, 1.807) is 0 Å². The summed E-state index contributed by atoms with van der Waals surface area (Å²) in [6.07, 6.45) is 0. The number of nitrogens with one attached hydrogen (secondary N) is 2. The summed E-state index contributed by atoms with van der Waals surface area (Å²) in [7, 11) is 2.19. The van der Waals surface area contributed by atoms with Crippen molar-refractivity contribution >= 4 is 28.1 Å². The van der Waals surface area contributed by atoms with Crippen molar-refractivity contribution in [3.05, 3.63) is 41.7 Å². The number of pyridine rings is 1. The van der Waals surface area contributed by atoms with Gasteiger partial charge < -0.3 is 15.1 Å². The van der Waals surface area contributed by atoms with E-state index in [1.807, 2.05) is 13.0 Å². The maximum absolute atomic E-state index is 4.87. The van der Waals surface area contributed by atoms with Crippen LogP contribution in [0.1, 0.15) is 31.2 Å². The average molecular weight is 364 g/mol. The van der Waals surface area contributed by atoms with Crippen LogP contribution in [-0.4, -0.2) is 53.3 Å². The average Bonchev–Trinajstić information content (AvgIpc) is 3.05. The highest BCUT2D eigenvalue weighted by atomic mass is 15.2. The Morgan fingerprint density at radius 1 is 1.04 bits per heavy atom. The lowest BCUT2D eigenvalue weighted by atomic mass is 10.0. The second-order valence-electron chi connectivity index (χ2n) is 7.80. The van der Waals surface area contributed by atoms with Crippen LogP contribution in [0.15, 0.2) is 30.3 Å². The van der Waals surface area contributed by atoms with Crippen LogP contribution in [0.4, 0.5) is 17.3 Å². The SMILES string of the molecule is Cc1cc(Nc2cc3cc(N4CCN(C)CC4)ccc3c(C(C)C)n2)n[nH]1. The lowest BCUT2D eigenvalue weighted by molar-refractivity contribution is 0.313. The minimum atomic E-state index is 0.352. The number of aromatic nitrogens is 3. The Bertz CT molecular complexity index is 937. The van der Waals surface area contributed by atoms with Crippen LogP contribution in [0.25, 0.3) is 10.8 Å². The van der Waals surface area contributed by atoms with Crippen molar-refractivity contribution in [1.29, 1.82) is 0 Å². The first-order valence-electron chi connectivity index (χ1n) is 9.67. The molecule has 0 saturated carbocycles. The van der Waals surface area contributed by atoms with E-state index in [1.165, 1.54) is 16.5 Å². The molecule has 6 heteroatoms. The fraction of sp³-hybridized carbons (Fsp3) is 0.429. The van der Waals surface area contributed by atoms with Crippen molar-refractivity contribution in [2.75, 3.05) is 43.4 Å². The van der Waals surface area contributed by atoms with E-state index in [2.05, 4.69) is 70.5 Å². The molecule has 0 radical (unpaired) electrons. The number of rotatable bonds is 4. The Balaban J connectivity index is 1.72. The number of H-pyrrole nitrogens is 1. The van der Waals surface area contributed by atoms with E-state index in [4.69, 9.17) is 4.98 Å². The van der Waals surface area contributed by atoms with E-state index in [-0.39, 0.29) is 0 Å². The Hall–Kier alpha value is -2.60. The largest absolute Gasteiger partial charge is 0.369 e. The summed E-state index contributed by atoms with van der Waals surface area (Å²) in [5.41, 5.74) is 3.44. The molecule has 0 bridgehead atoms. The molecule has 1 saturated heterocycles. The normalized spacial score (nSPS) is 15.7. The molecule has 6 nitrogen and oxygen atoms in total. The van der Waals surface area contributed by atoms with Crippen LogP contribution >= 0.6 is 0 Å². The predicted octanol–water partition coefficient (Wildman–Crippen LogP) is 3.89. The first-order chi connectivity index (χ1) is 13.0. The molecule has 3 heterocycles. The predicted molar refractivity (Wildman–Crippen MR) is 112 cm³/mol. The monoisotopic (exact) mass is 364 g/mol. The molecule has 0 aliphatic carbocycles. The molecule has 27 heavy (non-hydrogen) atoms. The summed E-state index contributed by atoms with van der Waals surface area (Å²) < 4.78 is 0. The maximum atomic E-state index is 4.87. The van der Waals surface area contributed by atoms with Crippen LogP contribution in [0.2, 0.25) is 0 Å². The Labute approximate surface area is 160 Å². The van der Waals surface area contributed by atoms with Gasteiger partial charge in [0.05, 0.1) is 5.69 Å². The van der Waals surface area contributed by atoms with Gasteiger partial charge in [-0.15, -0.1) is 0 Å². The van der Waals surface area contributed by atoms with Crippen molar-refractivity contribution in [3.63, 3.8) is 0 Å². The molecule has 0 amide bonds. The van der Waals surface area contributed by atoms with Crippen molar-refractivity contribution in [2.45, 2.75) is 26.7 Å². The molecule has 0 atom stereocenters. The number of aromatic amines is 1. The first kappa shape index (κ1) is 17.8. The fourth-order valence-electron chi connectivity index (χ4n) is 3.65. The lowest BCUT2D eigenvalue weighted by Crippen LogP contribution is -2.44. The van der Waals surface area contributed by atoms with E-state index in [9.17, 15) is 0 Å². The number of fused-ring (bicyclic) bond motifs is 1. The number of benzene rings is 1. The van der Waals surface area contributed by atoms with Gasteiger partial charge in [-0.3, -0.25) is 5.10 Å². The molecular formula is C21H28N6. The van der Waals surface area contributed by atoms with Gasteiger partial charge in [-0.2, -0.15) is 5.10 Å². The van der Waals surface area contributed by atoms with Gasteiger partial charge in [-0.1, -0.05) is 19.9 Å². The highest BCUT2D eigenvalue weighted by Crippen LogP contribution is 2.31. The summed E-state index contributed by atoms with van der Waals surface area (Å²) in [6, 6.07) is 10.9. The Morgan fingerprint density at radius 2 is 1.81 bits per heavy atom. The Morgan fingerprint density at radius 3 is 2.48 bits per heavy atom. The molecule has 0 spiro atoms. The molecule has 0 unspecified atom stereocenters. The third kappa shape index (κ3) is 3.76. The highest BCUT2D eigenvalue weighted by molar-refractivity contribution is 5.90. The summed E-state index contributed by atoms with van der Waals surface area (Å²) >= 11 is 0. The van der Waals surface area contributed by atoms with Crippen molar-refractivity contribution < 1.29 is 0 Å². The molecule has 142 valence electrons. The number of anilines is 3. The molecule has 1 fully saturated rings. The minimum Gasteiger partial charge on any atom is -0.369 e. The van der Waals surface area contributed by atoms with Gasteiger partial charge in [0.1, 0.15) is 5.82 Å². The zero-order valence-electron chi connectivity index (χ0n) is 16.6. The van der Waals surface area contributed by atoms with E-state index < -0.39 is 0 Å². The molecule has 1 aliphatic rings. The molecule has 4 rings (SSSR count). The number of nitrogens with zero attached hydrogens (tertiary/aromatic N) is 4. The summed E-state index contributed by atoms with van der Waals surface area (Å²) in [5.74, 6) is 1.99. The Kier molecular flexibility index (Phi) is 4.74. The van der Waals surface area contributed by atoms with Crippen LogP contribution in [-0.2, 0) is 0 Å². The minimum absolute atomic E-state index is 0.352. The van der Waals surface area contributed by atoms with E-state index in [0.29, 0.717) is 5.92 Å². The highest BCUT2D eigenvalue weighted by Gasteiger charge is 2.16. The van der Waals surface area contributed by atoms with Gasteiger partial charge in [-0.05, 0) is 43.5 Å². The quantitative estimate of drug-likeness (QED) is 0.736. The number of hydrogen-bond acceptors (Lipinski definition) is 5. The third-order valence-corrected chi connectivity index (χ3v) is 5.22. The van der Waals surface area contributed by atoms with Gasteiger partial charge in [-0.25, -0.2) is 4.98 Å². The molecule has 1 aliphatic heterocycles. The lowest BCUT2D eigenvalue weighted by Gasteiger charge is -2.34. The van der Waals surface area contributed by atoms with Crippen molar-refractivity contribution in [3.8, 4) is 0 Å². The van der Waals surface area contributed by atoms with Crippen LogP contribution < -0.4 is 10.2 Å². The van der Waals surface area contributed by atoms with Crippen LogP contribution in [0.5, 0.6) is 0 Å². The molecule has 2 aromatic heterocycles. The summed E-state index contributed by atoms with van der Waals surface area (Å²) in [4.78, 5) is 9.72. The van der Waals surface area contributed by atoms with Crippen molar-refractivity contribution in [1.82, 2.24) is 20.1 Å². The van der Waals surface area contributed by atoms with Crippen LogP contribution in [0.3, 0.4) is 0 Å². The molecule has 2 N–H and O–H groups in total. The standard InChI is InChI=1S/C21H28N6/c1-14(2)21-18-6-5-17(27-9-7-26(4)8-10-27)12-16(18)13-19(23-21)22-20-11-15(3)24-25-20/h5-6,11-14H,7-10H2,1-4H3,(H2,22,23,24,25). The second kappa shape index (κ2) is 7.19. The molecular weight excluding hydrogens is 336 g/mol. The van der Waals surface area contributed by atoms with E-state index in [0.717, 1.165) is 49.2 Å². The van der Waals surface area contributed by atoms with Gasteiger partial charge in [0.15, 0.2) is 5.82 Å².